The number of rotatable bonds is 5. The summed E-state index contributed by atoms with van der Waals surface area (Å²) >= 11 is 0. The highest BCUT2D eigenvalue weighted by Crippen LogP contribution is 2.27. The van der Waals surface area contributed by atoms with Gasteiger partial charge in [0.2, 0.25) is 10.0 Å². The molecular formula is C14H23ClN2O4S2. The number of sulfonamides is 1. The van der Waals surface area contributed by atoms with E-state index in [1.54, 1.807) is 6.07 Å². The monoisotopic (exact) mass is 382 g/mol. The predicted molar refractivity (Wildman–Crippen MR) is 92.2 cm³/mol. The second-order valence-electron chi connectivity index (χ2n) is 5.65. The molecule has 1 saturated heterocycles. The molecule has 1 N–H and O–H groups in total. The number of halogens is 1. The van der Waals surface area contributed by atoms with Crippen LogP contribution in [0.4, 0.5) is 0 Å². The summed E-state index contributed by atoms with van der Waals surface area (Å²) < 4.78 is 50.8. The van der Waals surface area contributed by atoms with Gasteiger partial charge >= 0.3 is 0 Å². The Morgan fingerprint density at radius 1 is 1.17 bits per heavy atom. The third-order valence-corrected chi connectivity index (χ3v) is 7.05. The fourth-order valence-corrected chi connectivity index (χ4v) is 5.97. The molecule has 1 aliphatic heterocycles. The minimum Gasteiger partial charge on any atom is -0.319 e. The molecule has 0 spiro atoms. The highest BCUT2D eigenvalue weighted by molar-refractivity contribution is 7.93. The Labute approximate surface area is 144 Å². The van der Waals surface area contributed by atoms with Crippen LogP contribution in [0.25, 0.3) is 0 Å². The Morgan fingerprint density at radius 2 is 1.78 bits per heavy atom. The number of benzene rings is 1. The molecule has 0 aliphatic carbocycles. The molecule has 1 aromatic carbocycles. The molecule has 1 atom stereocenters. The molecule has 132 valence electrons. The minimum atomic E-state index is -3.80. The van der Waals surface area contributed by atoms with Crippen LogP contribution in [0, 0.1) is 5.92 Å². The summed E-state index contributed by atoms with van der Waals surface area (Å²) in [7, 11) is -5.56. The van der Waals surface area contributed by atoms with Crippen molar-refractivity contribution in [3.05, 3.63) is 24.3 Å². The number of piperidine rings is 1. The van der Waals surface area contributed by atoms with Gasteiger partial charge in [-0.3, -0.25) is 0 Å². The summed E-state index contributed by atoms with van der Waals surface area (Å²) in [6, 6.07) is 5.80. The Bertz CT molecular complexity index is 733. The lowest BCUT2D eigenvalue weighted by atomic mass is 10.00. The molecule has 0 bridgehead atoms. The molecule has 1 aliphatic rings. The van der Waals surface area contributed by atoms with E-state index < -0.39 is 19.9 Å². The van der Waals surface area contributed by atoms with Crippen LogP contribution < -0.4 is 5.32 Å². The van der Waals surface area contributed by atoms with Crippen molar-refractivity contribution >= 4 is 32.3 Å². The summed E-state index contributed by atoms with van der Waals surface area (Å²) in [5, 5.41) is 3.07. The quantitative estimate of drug-likeness (QED) is 0.825. The molecule has 0 aromatic heterocycles. The Hall–Kier alpha value is -0.670. The minimum absolute atomic E-state index is 0. The largest absolute Gasteiger partial charge is 0.319 e. The topological polar surface area (TPSA) is 83.6 Å². The van der Waals surface area contributed by atoms with E-state index >= 15 is 0 Å². The Kier molecular flexibility index (Phi) is 7.03. The molecular weight excluding hydrogens is 360 g/mol. The van der Waals surface area contributed by atoms with Crippen molar-refractivity contribution in [3.63, 3.8) is 0 Å². The second kappa shape index (κ2) is 7.94. The fourth-order valence-electron chi connectivity index (χ4n) is 2.81. The molecule has 0 saturated carbocycles. The van der Waals surface area contributed by atoms with Gasteiger partial charge in [0, 0.05) is 19.3 Å². The molecule has 1 unspecified atom stereocenters. The van der Waals surface area contributed by atoms with E-state index in [-0.39, 0.29) is 28.1 Å². The average molecular weight is 383 g/mol. The van der Waals surface area contributed by atoms with E-state index in [1.807, 2.05) is 7.05 Å². The lowest BCUT2D eigenvalue weighted by Crippen LogP contribution is -2.42. The summed E-state index contributed by atoms with van der Waals surface area (Å²) in [5.41, 5.74) is 0. The van der Waals surface area contributed by atoms with Crippen molar-refractivity contribution in [3.8, 4) is 0 Å². The SMILES string of the molecule is CNCC1CCCN(S(=O)(=O)c2ccccc2S(C)(=O)=O)C1.Cl. The number of nitrogens with zero attached hydrogens (tertiary/aromatic N) is 1. The van der Waals surface area contributed by atoms with Gasteiger partial charge in [0.05, 0.1) is 4.90 Å². The van der Waals surface area contributed by atoms with Crippen LogP contribution in [0.15, 0.2) is 34.1 Å². The van der Waals surface area contributed by atoms with Gasteiger partial charge in [-0.1, -0.05) is 12.1 Å². The zero-order valence-electron chi connectivity index (χ0n) is 13.2. The van der Waals surface area contributed by atoms with Crippen LogP contribution in [0.1, 0.15) is 12.8 Å². The molecule has 23 heavy (non-hydrogen) atoms. The van der Waals surface area contributed by atoms with Crippen LogP contribution in [0.5, 0.6) is 0 Å². The van der Waals surface area contributed by atoms with E-state index in [1.165, 1.54) is 22.5 Å². The molecule has 6 nitrogen and oxygen atoms in total. The van der Waals surface area contributed by atoms with Crippen molar-refractivity contribution in [2.75, 3.05) is 32.9 Å². The average Bonchev–Trinajstić information content (AvgIpc) is 2.47. The summed E-state index contributed by atoms with van der Waals surface area (Å²) in [6.07, 6.45) is 2.79. The highest BCUT2D eigenvalue weighted by Gasteiger charge is 2.33. The highest BCUT2D eigenvalue weighted by atomic mass is 35.5. The Balaban J connectivity index is 0.00000264. The third-order valence-electron chi connectivity index (χ3n) is 3.84. The van der Waals surface area contributed by atoms with E-state index in [0.717, 1.165) is 25.6 Å². The predicted octanol–water partition coefficient (Wildman–Crippen LogP) is 1.13. The normalized spacial score (nSPS) is 20.0. The van der Waals surface area contributed by atoms with Crippen LogP contribution >= 0.6 is 12.4 Å². The van der Waals surface area contributed by atoms with Crippen LogP contribution in [-0.4, -0.2) is 54.1 Å². The van der Waals surface area contributed by atoms with Crippen LogP contribution in [-0.2, 0) is 19.9 Å². The van der Waals surface area contributed by atoms with Gasteiger partial charge in [0.1, 0.15) is 4.90 Å². The van der Waals surface area contributed by atoms with Gasteiger partial charge < -0.3 is 5.32 Å². The first-order chi connectivity index (χ1) is 10.3. The first-order valence-electron chi connectivity index (χ1n) is 7.20. The number of sulfone groups is 1. The van der Waals surface area contributed by atoms with Crippen LogP contribution in [0.3, 0.4) is 0 Å². The van der Waals surface area contributed by atoms with E-state index in [4.69, 9.17) is 0 Å². The van der Waals surface area contributed by atoms with Gasteiger partial charge in [0.15, 0.2) is 9.84 Å². The van der Waals surface area contributed by atoms with E-state index in [9.17, 15) is 16.8 Å². The zero-order chi connectivity index (χ0) is 16.4. The standard InChI is InChI=1S/C14H22N2O4S2.ClH/c1-15-10-12-6-5-9-16(11-12)22(19,20)14-8-4-3-7-13(14)21(2,17)18;/h3-4,7-8,12,15H,5-6,9-11H2,1-2H3;1H. The molecule has 1 heterocycles. The molecule has 9 heteroatoms. The molecule has 1 fully saturated rings. The zero-order valence-corrected chi connectivity index (χ0v) is 15.7. The second-order valence-corrected chi connectivity index (χ2v) is 9.54. The first kappa shape index (κ1) is 20.4. The Morgan fingerprint density at radius 3 is 2.35 bits per heavy atom. The summed E-state index contributed by atoms with van der Waals surface area (Å²) in [6.45, 7) is 1.60. The van der Waals surface area contributed by atoms with Crippen molar-refractivity contribution in [1.82, 2.24) is 9.62 Å². The smallest absolute Gasteiger partial charge is 0.244 e. The van der Waals surface area contributed by atoms with Crippen molar-refractivity contribution in [2.24, 2.45) is 5.92 Å². The van der Waals surface area contributed by atoms with E-state index in [0.29, 0.717) is 13.1 Å². The van der Waals surface area contributed by atoms with Gasteiger partial charge in [-0.15, -0.1) is 12.4 Å². The van der Waals surface area contributed by atoms with Crippen molar-refractivity contribution in [1.29, 1.82) is 0 Å². The fraction of sp³-hybridized carbons (Fsp3) is 0.571. The number of hydrogen-bond acceptors (Lipinski definition) is 5. The maximum Gasteiger partial charge on any atom is 0.244 e. The van der Waals surface area contributed by atoms with Gasteiger partial charge in [-0.05, 0) is 44.5 Å². The molecule has 1 aromatic rings. The van der Waals surface area contributed by atoms with Gasteiger partial charge in [-0.2, -0.15) is 4.31 Å². The lowest BCUT2D eigenvalue weighted by Gasteiger charge is -2.32. The first-order valence-corrected chi connectivity index (χ1v) is 10.5. The molecule has 0 radical (unpaired) electrons. The van der Waals surface area contributed by atoms with E-state index in [2.05, 4.69) is 5.32 Å². The summed E-state index contributed by atoms with van der Waals surface area (Å²) in [5.74, 6) is 0.249. The molecule has 2 rings (SSSR count). The van der Waals surface area contributed by atoms with Crippen LogP contribution in [0.2, 0.25) is 0 Å². The number of hydrogen-bond donors (Lipinski definition) is 1. The maximum absolute atomic E-state index is 12.8. The maximum atomic E-state index is 12.8. The van der Waals surface area contributed by atoms with Gasteiger partial charge in [-0.25, -0.2) is 16.8 Å². The van der Waals surface area contributed by atoms with Crippen molar-refractivity contribution < 1.29 is 16.8 Å². The third kappa shape index (κ3) is 4.67. The van der Waals surface area contributed by atoms with Gasteiger partial charge in [0.25, 0.3) is 0 Å². The molecule has 0 amide bonds. The lowest BCUT2D eigenvalue weighted by molar-refractivity contribution is 0.263. The van der Waals surface area contributed by atoms with Crippen molar-refractivity contribution in [2.45, 2.75) is 22.6 Å². The number of nitrogens with one attached hydrogen (secondary N) is 1. The summed E-state index contributed by atoms with van der Waals surface area (Å²) in [4.78, 5) is -0.256.